The predicted octanol–water partition coefficient (Wildman–Crippen LogP) is 3.56. The normalized spacial score (nSPS) is 10.7. The molecular formula is C14H11N3O4. The summed E-state index contributed by atoms with van der Waals surface area (Å²) in [7, 11) is 0. The van der Waals surface area contributed by atoms with Gasteiger partial charge in [-0.1, -0.05) is 18.2 Å². The molecule has 0 N–H and O–H groups in total. The predicted molar refractivity (Wildman–Crippen MR) is 78.2 cm³/mol. The molecule has 0 unspecified atom stereocenters. The van der Waals surface area contributed by atoms with Gasteiger partial charge in [-0.25, -0.2) is 0 Å². The van der Waals surface area contributed by atoms with Crippen LogP contribution in [0.4, 0.5) is 17.1 Å². The van der Waals surface area contributed by atoms with Gasteiger partial charge in [0, 0.05) is 24.4 Å². The Kier molecular flexibility index (Phi) is 4.03. The zero-order chi connectivity index (χ0) is 15.4. The molecule has 0 saturated heterocycles. The number of non-ortho nitro benzene ring substituents is 1. The number of nitro groups is 2. The van der Waals surface area contributed by atoms with Crippen LogP contribution in [0, 0.1) is 27.2 Å². The summed E-state index contributed by atoms with van der Waals surface area (Å²) >= 11 is 0. The molecule has 2 aromatic rings. The second-order valence-corrected chi connectivity index (χ2v) is 4.30. The second kappa shape index (κ2) is 5.91. The third kappa shape index (κ3) is 3.27. The number of benzene rings is 2. The summed E-state index contributed by atoms with van der Waals surface area (Å²) in [4.78, 5) is 24.8. The van der Waals surface area contributed by atoms with Crippen molar-refractivity contribution in [2.75, 3.05) is 0 Å². The molecule has 0 aromatic heterocycles. The van der Waals surface area contributed by atoms with E-state index < -0.39 is 9.85 Å². The molecule has 0 saturated carbocycles. The first kappa shape index (κ1) is 14.3. The average Bonchev–Trinajstić information content (AvgIpc) is 2.46. The van der Waals surface area contributed by atoms with Crippen molar-refractivity contribution in [3.8, 4) is 0 Å². The summed E-state index contributed by atoms with van der Waals surface area (Å²) in [6, 6.07) is 10.5. The van der Waals surface area contributed by atoms with E-state index in [2.05, 4.69) is 4.99 Å². The Morgan fingerprint density at radius 3 is 2.43 bits per heavy atom. The molecule has 0 aliphatic carbocycles. The Balaban J connectivity index is 2.40. The van der Waals surface area contributed by atoms with E-state index in [1.54, 1.807) is 31.2 Å². The number of aryl methyl sites for hydroxylation is 1. The van der Waals surface area contributed by atoms with Crippen LogP contribution in [0.25, 0.3) is 0 Å². The highest BCUT2D eigenvalue weighted by Gasteiger charge is 2.11. The maximum absolute atomic E-state index is 10.9. The molecule has 2 rings (SSSR count). The molecule has 0 amide bonds. The SMILES string of the molecule is Cc1ccc([N+](=O)[O-])cc1N=Cc1ccccc1[N+](=O)[O-]. The number of rotatable bonds is 4. The van der Waals surface area contributed by atoms with Gasteiger partial charge in [0.05, 0.1) is 21.1 Å². The van der Waals surface area contributed by atoms with Gasteiger partial charge in [0.25, 0.3) is 11.4 Å². The van der Waals surface area contributed by atoms with E-state index in [0.717, 1.165) is 5.56 Å². The third-order valence-corrected chi connectivity index (χ3v) is 2.88. The molecule has 0 atom stereocenters. The molecule has 0 radical (unpaired) electrons. The minimum Gasteiger partial charge on any atom is -0.258 e. The van der Waals surface area contributed by atoms with Crippen molar-refractivity contribution < 1.29 is 9.85 Å². The van der Waals surface area contributed by atoms with Crippen LogP contribution in [0.1, 0.15) is 11.1 Å². The Hall–Kier alpha value is -3.09. The van der Waals surface area contributed by atoms with Crippen molar-refractivity contribution in [3.63, 3.8) is 0 Å². The number of para-hydroxylation sites is 1. The van der Waals surface area contributed by atoms with E-state index >= 15 is 0 Å². The van der Waals surface area contributed by atoms with E-state index in [9.17, 15) is 20.2 Å². The van der Waals surface area contributed by atoms with E-state index in [4.69, 9.17) is 0 Å². The highest BCUT2D eigenvalue weighted by atomic mass is 16.6. The van der Waals surface area contributed by atoms with Gasteiger partial charge in [-0.05, 0) is 18.6 Å². The van der Waals surface area contributed by atoms with Crippen molar-refractivity contribution in [1.29, 1.82) is 0 Å². The third-order valence-electron chi connectivity index (χ3n) is 2.88. The Bertz CT molecular complexity index is 741. The first-order chi connectivity index (χ1) is 9.99. The summed E-state index contributed by atoms with van der Waals surface area (Å²) in [6.07, 6.45) is 1.34. The molecule has 0 fully saturated rings. The van der Waals surface area contributed by atoms with Crippen LogP contribution in [0.15, 0.2) is 47.5 Å². The molecule has 0 spiro atoms. The molecule has 7 nitrogen and oxygen atoms in total. The maximum Gasteiger partial charge on any atom is 0.278 e. The minimum atomic E-state index is -0.510. The van der Waals surface area contributed by atoms with Gasteiger partial charge in [0.2, 0.25) is 0 Å². The van der Waals surface area contributed by atoms with Gasteiger partial charge in [-0.15, -0.1) is 0 Å². The number of nitrogens with zero attached hydrogens (tertiary/aromatic N) is 3. The van der Waals surface area contributed by atoms with Gasteiger partial charge < -0.3 is 0 Å². The first-order valence-corrected chi connectivity index (χ1v) is 6.01. The van der Waals surface area contributed by atoms with Crippen LogP contribution in [0.5, 0.6) is 0 Å². The quantitative estimate of drug-likeness (QED) is 0.487. The highest BCUT2D eigenvalue weighted by molar-refractivity contribution is 5.87. The largest absolute Gasteiger partial charge is 0.278 e. The van der Waals surface area contributed by atoms with Crippen molar-refractivity contribution in [1.82, 2.24) is 0 Å². The molecule has 0 bridgehead atoms. The average molecular weight is 285 g/mol. The number of aliphatic imine (C=N–C) groups is 1. The lowest BCUT2D eigenvalue weighted by Crippen LogP contribution is -1.94. The van der Waals surface area contributed by atoms with E-state index in [1.807, 2.05) is 0 Å². The lowest BCUT2D eigenvalue weighted by atomic mass is 10.1. The van der Waals surface area contributed by atoms with Crippen LogP contribution in [-0.2, 0) is 0 Å². The van der Waals surface area contributed by atoms with Crippen molar-refractivity contribution in [2.24, 2.45) is 4.99 Å². The Morgan fingerprint density at radius 2 is 1.76 bits per heavy atom. The van der Waals surface area contributed by atoms with Gasteiger partial charge in [-0.3, -0.25) is 25.2 Å². The fraction of sp³-hybridized carbons (Fsp3) is 0.0714. The first-order valence-electron chi connectivity index (χ1n) is 6.01. The van der Waals surface area contributed by atoms with Crippen molar-refractivity contribution in [3.05, 3.63) is 73.8 Å². The summed E-state index contributed by atoms with van der Waals surface area (Å²) in [5.74, 6) is 0. The van der Waals surface area contributed by atoms with Crippen LogP contribution in [-0.4, -0.2) is 16.1 Å². The Labute approximate surface area is 119 Å². The van der Waals surface area contributed by atoms with Crippen LogP contribution in [0.3, 0.4) is 0 Å². The van der Waals surface area contributed by atoms with Gasteiger partial charge in [0.15, 0.2) is 0 Å². The van der Waals surface area contributed by atoms with E-state index in [-0.39, 0.29) is 11.4 Å². The fourth-order valence-electron chi connectivity index (χ4n) is 1.75. The zero-order valence-corrected chi connectivity index (χ0v) is 11.1. The standard InChI is InChI=1S/C14H11N3O4/c1-10-6-7-12(16(18)19)8-13(10)15-9-11-4-2-3-5-14(11)17(20)21/h2-9H,1H3. The smallest absolute Gasteiger partial charge is 0.258 e. The van der Waals surface area contributed by atoms with Crippen LogP contribution < -0.4 is 0 Å². The van der Waals surface area contributed by atoms with E-state index in [0.29, 0.717) is 11.3 Å². The fourth-order valence-corrected chi connectivity index (χ4v) is 1.75. The molecule has 21 heavy (non-hydrogen) atoms. The van der Waals surface area contributed by atoms with Gasteiger partial charge in [0.1, 0.15) is 0 Å². The van der Waals surface area contributed by atoms with Crippen molar-refractivity contribution >= 4 is 23.3 Å². The van der Waals surface area contributed by atoms with E-state index in [1.165, 1.54) is 24.4 Å². The highest BCUT2D eigenvalue weighted by Crippen LogP contribution is 2.25. The number of nitro benzene ring substituents is 2. The lowest BCUT2D eigenvalue weighted by Gasteiger charge is -2.00. The molecule has 0 aliphatic heterocycles. The monoisotopic (exact) mass is 285 g/mol. The van der Waals surface area contributed by atoms with Crippen molar-refractivity contribution in [2.45, 2.75) is 6.92 Å². The lowest BCUT2D eigenvalue weighted by molar-refractivity contribution is -0.385. The maximum atomic E-state index is 10.9. The number of hydrogen-bond acceptors (Lipinski definition) is 5. The second-order valence-electron chi connectivity index (χ2n) is 4.30. The van der Waals surface area contributed by atoms with Gasteiger partial charge >= 0.3 is 0 Å². The molecule has 0 aliphatic rings. The summed E-state index contributed by atoms with van der Waals surface area (Å²) in [5.41, 5.74) is 1.35. The molecular weight excluding hydrogens is 274 g/mol. The molecule has 2 aromatic carbocycles. The van der Waals surface area contributed by atoms with Gasteiger partial charge in [-0.2, -0.15) is 0 Å². The molecule has 7 heteroatoms. The van der Waals surface area contributed by atoms with Crippen LogP contribution >= 0.6 is 0 Å². The Morgan fingerprint density at radius 1 is 1.05 bits per heavy atom. The summed E-state index contributed by atoms with van der Waals surface area (Å²) in [6.45, 7) is 1.76. The molecule has 0 heterocycles. The summed E-state index contributed by atoms with van der Waals surface area (Å²) < 4.78 is 0. The zero-order valence-electron chi connectivity index (χ0n) is 11.1. The topological polar surface area (TPSA) is 98.6 Å². The summed E-state index contributed by atoms with van der Waals surface area (Å²) in [5, 5.41) is 21.6. The minimum absolute atomic E-state index is 0.0654. The molecule has 106 valence electrons. The van der Waals surface area contributed by atoms with Crippen LogP contribution in [0.2, 0.25) is 0 Å². The number of hydrogen-bond donors (Lipinski definition) is 0.